The molecule has 6 nitrogen and oxygen atoms in total. The zero-order chi connectivity index (χ0) is 5.82. The molecule has 0 saturated carbocycles. The molecule has 42 valence electrons. The summed E-state index contributed by atoms with van der Waals surface area (Å²) in [5.74, 6) is 0. The molecule has 0 spiro atoms. The minimum Gasteiger partial charge on any atom is -0.277 e. The summed E-state index contributed by atoms with van der Waals surface area (Å²) in [6.07, 6.45) is 1.75. The van der Waals surface area contributed by atoms with Gasteiger partial charge in [-0.25, -0.2) is 5.43 Å². The molecule has 0 aliphatic heterocycles. The highest BCUT2D eigenvalue weighted by molar-refractivity contribution is 5.55. The van der Waals surface area contributed by atoms with Crippen LogP contribution in [-0.4, -0.2) is 26.7 Å². The number of hydrogen-bond acceptors (Lipinski definition) is 4. The molecule has 8 heavy (non-hydrogen) atoms. The Bertz CT molecular complexity index is 157. The van der Waals surface area contributed by atoms with Crippen molar-refractivity contribution in [2.45, 2.75) is 0 Å². The number of amides is 1. The average molecular weight is 113 g/mol. The van der Waals surface area contributed by atoms with Crippen LogP contribution in [-0.2, 0) is 4.79 Å². The number of carbonyl (C=O) groups is 1. The fourth-order valence-electron chi connectivity index (χ4n) is 0.274. The lowest BCUT2D eigenvalue weighted by atomic mass is 11.3. The smallest absolute Gasteiger partial charge is 0.227 e. The third-order valence-electron chi connectivity index (χ3n) is 0.534. The van der Waals surface area contributed by atoms with Crippen LogP contribution in [0.25, 0.3) is 0 Å². The quantitative estimate of drug-likeness (QED) is 0.467. The summed E-state index contributed by atoms with van der Waals surface area (Å²) < 4.78 is 0. The molecule has 0 radical (unpaired) electrons. The van der Waals surface area contributed by atoms with E-state index in [1.807, 2.05) is 0 Å². The first-order chi connectivity index (χ1) is 3.93. The fraction of sp³-hybridized carbons (Fsp3) is 0. The Labute approximate surface area is 44.5 Å². The molecular formula is C2H3N5O. The van der Waals surface area contributed by atoms with Gasteiger partial charge in [0.05, 0.1) is 0 Å². The second-order valence-corrected chi connectivity index (χ2v) is 1.00. The highest BCUT2D eigenvalue weighted by Crippen LogP contribution is 1.61. The summed E-state index contributed by atoms with van der Waals surface area (Å²) in [6.45, 7) is 0. The molecule has 0 fully saturated rings. The minimum atomic E-state index is 0.482. The van der Waals surface area contributed by atoms with Gasteiger partial charge in [-0.1, -0.05) is 0 Å². The molecule has 0 aliphatic carbocycles. The van der Waals surface area contributed by atoms with Gasteiger partial charge in [-0.3, -0.25) is 4.79 Å². The van der Waals surface area contributed by atoms with Crippen molar-refractivity contribution in [3.05, 3.63) is 6.33 Å². The maximum Gasteiger partial charge on any atom is 0.227 e. The molecule has 0 atom stereocenters. The Morgan fingerprint density at radius 1 is 1.75 bits per heavy atom. The van der Waals surface area contributed by atoms with Crippen LogP contribution in [0.4, 0.5) is 0 Å². The number of rotatable bonds is 2. The standard InChI is InChI=1S/C2H3N5O/c8-2-4-7-1-3-5-6-7/h1-2H,(H,4,8). The van der Waals surface area contributed by atoms with Crippen LogP contribution in [0, 0.1) is 0 Å². The molecule has 0 unspecified atom stereocenters. The van der Waals surface area contributed by atoms with E-state index in [1.54, 1.807) is 0 Å². The lowest BCUT2D eigenvalue weighted by Crippen LogP contribution is -2.12. The van der Waals surface area contributed by atoms with Crippen molar-refractivity contribution >= 4 is 6.41 Å². The molecule has 1 amide bonds. The van der Waals surface area contributed by atoms with E-state index in [2.05, 4.69) is 21.0 Å². The van der Waals surface area contributed by atoms with Crippen molar-refractivity contribution in [3.63, 3.8) is 0 Å². The molecule has 1 aromatic rings. The van der Waals surface area contributed by atoms with Gasteiger partial charge < -0.3 is 0 Å². The molecule has 1 heterocycles. The number of tetrazole rings is 1. The predicted octanol–water partition coefficient (Wildman–Crippen LogP) is -1.63. The maximum atomic E-state index is 9.64. The van der Waals surface area contributed by atoms with E-state index in [1.165, 1.54) is 6.33 Å². The van der Waals surface area contributed by atoms with Crippen LogP contribution >= 0.6 is 0 Å². The van der Waals surface area contributed by atoms with E-state index in [4.69, 9.17) is 0 Å². The van der Waals surface area contributed by atoms with Gasteiger partial charge in [0.25, 0.3) is 0 Å². The Hall–Kier alpha value is -1.46. The van der Waals surface area contributed by atoms with E-state index in [-0.39, 0.29) is 0 Å². The predicted molar refractivity (Wildman–Crippen MR) is 23.2 cm³/mol. The topological polar surface area (TPSA) is 72.7 Å². The SMILES string of the molecule is O=CNn1cnnn1. The Balaban J connectivity index is 2.62. The van der Waals surface area contributed by atoms with Crippen LogP contribution in [0.15, 0.2) is 6.33 Å². The lowest BCUT2D eigenvalue weighted by Gasteiger charge is -1.87. The zero-order valence-corrected chi connectivity index (χ0v) is 3.85. The number of aromatic nitrogens is 4. The van der Waals surface area contributed by atoms with Crippen molar-refractivity contribution in [2.24, 2.45) is 0 Å². The van der Waals surface area contributed by atoms with Crippen LogP contribution in [0.5, 0.6) is 0 Å². The summed E-state index contributed by atoms with van der Waals surface area (Å²) in [7, 11) is 0. The second-order valence-electron chi connectivity index (χ2n) is 1.00. The number of nitrogens with one attached hydrogen (secondary N) is 1. The lowest BCUT2D eigenvalue weighted by molar-refractivity contribution is -0.106. The summed E-state index contributed by atoms with van der Waals surface area (Å²) in [4.78, 5) is 10.7. The Morgan fingerprint density at radius 3 is 3.12 bits per heavy atom. The number of carbonyl (C=O) groups excluding carboxylic acids is 1. The number of hydrogen-bond donors (Lipinski definition) is 1. The molecular weight excluding hydrogens is 110 g/mol. The second kappa shape index (κ2) is 2.01. The van der Waals surface area contributed by atoms with E-state index < -0.39 is 0 Å². The van der Waals surface area contributed by atoms with E-state index >= 15 is 0 Å². The van der Waals surface area contributed by atoms with E-state index in [0.29, 0.717) is 6.41 Å². The highest BCUT2D eigenvalue weighted by atomic mass is 16.1. The molecule has 1 N–H and O–H groups in total. The van der Waals surface area contributed by atoms with Crippen LogP contribution in [0.3, 0.4) is 0 Å². The van der Waals surface area contributed by atoms with Crippen molar-refractivity contribution in [1.82, 2.24) is 20.3 Å². The van der Waals surface area contributed by atoms with Gasteiger partial charge in [0.15, 0.2) is 6.33 Å². The van der Waals surface area contributed by atoms with Crippen LogP contribution < -0.4 is 5.43 Å². The van der Waals surface area contributed by atoms with E-state index in [9.17, 15) is 4.79 Å². The van der Waals surface area contributed by atoms with Gasteiger partial charge >= 0.3 is 0 Å². The zero-order valence-electron chi connectivity index (χ0n) is 3.85. The normalized spacial score (nSPS) is 8.50. The van der Waals surface area contributed by atoms with Crippen LogP contribution in [0.2, 0.25) is 0 Å². The van der Waals surface area contributed by atoms with Gasteiger partial charge in [0, 0.05) is 0 Å². The Kier molecular flexibility index (Phi) is 1.18. The first-order valence-corrected chi connectivity index (χ1v) is 1.86. The van der Waals surface area contributed by atoms with E-state index in [0.717, 1.165) is 4.79 Å². The summed E-state index contributed by atoms with van der Waals surface area (Å²) in [5.41, 5.74) is 2.19. The molecule has 0 saturated heterocycles. The fourth-order valence-corrected chi connectivity index (χ4v) is 0.274. The van der Waals surface area contributed by atoms with Crippen LogP contribution in [0.1, 0.15) is 0 Å². The largest absolute Gasteiger partial charge is 0.277 e. The Morgan fingerprint density at radius 2 is 2.62 bits per heavy atom. The molecule has 0 bridgehead atoms. The minimum absolute atomic E-state index is 0.482. The number of nitrogens with zero attached hydrogens (tertiary/aromatic N) is 4. The van der Waals surface area contributed by atoms with Gasteiger partial charge in [0.1, 0.15) is 0 Å². The van der Waals surface area contributed by atoms with Crippen molar-refractivity contribution in [2.75, 3.05) is 5.43 Å². The highest BCUT2D eigenvalue weighted by Gasteiger charge is 1.82. The summed E-state index contributed by atoms with van der Waals surface area (Å²) in [6, 6.07) is 0. The van der Waals surface area contributed by atoms with Crippen molar-refractivity contribution < 1.29 is 4.79 Å². The first-order valence-electron chi connectivity index (χ1n) is 1.86. The molecule has 6 heteroatoms. The van der Waals surface area contributed by atoms with Crippen molar-refractivity contribution in [1.29, 1.82) is 0 Å². The molecule has 1 aromatic heterocycles. The average Bonchev–Trinajstić information content (AvgIpc) is 2.19. The van der Waals surface area contributed by atoms with Gasteiger partial charge in [-0.15, -0.1) is 9.89 Å². The monoisotopic (exact) mass is 113 g/mol. The molecule has 0 aromatic carbocycles. The van der Waals surface area contributed by atoms with Crippen molar-refractivity contribution in [3.8, 4) is 0 Å². The third kappa shape index (κ3) is 0.780. The molecule has 0 aliphatic rings. The third-order valence-corrected chi connectivity index (χ3v) is 0.534. The maximum absolute atomic E-state index is 9.64. The first kappa shape index (κ1) is 4.69. The molecule has 1 rings (SSSR count). The van der Waals surface area contributed by atoms with Gasteiger partial charge in [-0.05, 0) is 10.4 Å². The van der Waals surface area contributed by atoms with Gasteiger partial charge in [-0.2, -0.15) is 0 Å². The van der Waals surface area contributed by atoms with Gasteiger partial charge in [0.2, 0.25) is 6.41 Å². The summed E-state index contributed by atoms with van der Waals surface area (Å²) >= 11 is 0. The summed E-state index contributed by atoms with van der Waals surface area (Å²) in [5, 5.41) is 9.82.